The lowest BCUT2D eigenvalue weighted by Crippen LogP contribution is -2.41. The van der Waals surface area contributed by atoms with Gasteiger partial charge < -0.3 is 14.8 Å². The number of nitrogens with one attached hydrogen (secondary N) is 1. The highest BCUT2D eigenvalue weighted by atomic mass is 32.1. The van der Waals surface area contributed by atoms with E-state index in [2.05, 4.69) is 11.9 Å². The highest BCUT2D eigenvalue weighted by Gasteiger charge is 2.36. The first-order valence-corrected chi connectivity index (χ1v) is 11.9. The van der Waals surface area contributed by atoms with E-state index in [4.69, 9.17) is 21.7 Å². The van der Waals surface area contributed by atoms with E-state index in [0.29, 0.717) is 17.4 Å². The number of amides is 1. The van der Waals surface area contributed by atoms with E-state index in [1.165, 1.54) is 6.42 Å². The largest absolute Gasteiger partial charge is 0.496 e. The third-order valence-corrected chi connectivity index (χ3v) is 6.48. The zero-order valence-electron chi connectivity index (χ0n) is 19.0. The summed E-state index contributed by atoms with van der Waals surface area (Å²) in [5, 5.41) is 3.63. The van der Waals surface area contributed by atoms with Gasteiger partial charge in [0.1, 0.15) is 23.8 Å². The molecular formula is C27H30N2O3S. The van der Waals surface area contributed by atoms with Gasteiger partial charge in [0.05, 0.1) is 7.11 Å². The van der Waals surface area contributed by atoms with Gasteiger partial charge >= 0.3 is 0 Å². The minimum atomic E-state index is -0.0427. The number of hydrogen-bond donors (Lipinski definition) is 1. The van der Waals surface area contributed by atoms with Crippen LogP contribution in [0.5, 0.6) is 11.5 Å². The first-order valence-electron chi connectivity index (χ1n) is 11.5. The van der Waals surface area contributed by atoms with Crippen LogP contribution in [0.25, 0.3) is 6.08 Å². The van der Waals surface area contributed by atoms with Crippen LogP contribution in [0.2, 0.25) is 0 Å². The Bertz CT molecular complexity index is 1070. The minimum Gasteiger partial charge on any atom is -0.496 e. The lowest BCUT2D eigenvalue weighted by molar-refractivity contribution is -0.124. The van der Waals surface area contributed by atoms with E-state index < -0.39 is 0 Å². The molecule has 1 saturated heterocycles. The number of benzene rings is 2. The Labute approximate surface area is 201 Å². The fourth-order valence-electron chi connectivity index (χ4n) is 4.51. The maximum absolute atomic E-state index is 13.1. The molecule has 0 unspecified atom stereocenters. The Morgan fingerprint density at radius 1 is 1.12 bits per heavy atom. The molecule has 1 amide bonds. The molecule has 0 radical (unpaired) electrons. The van der Waals surface area contributed by atoms with Crippen molar-refractivity contribution in [1.82, 2.24) is 10.2 Å². The molecule has 2 aromatic carbocycles. The van der Waals surface area contributed by atoms with Gasteiger partial charge in [0, 0.05) is 11.6 Å². The van der Waals surface area contributed by atoms with Crippen molar-refractivity contribution in [3.05, 3.63) is 77.5 Å². The Kier molecular flexibility index (Phi) is 7.45. The Balaban J connectivity index is 1.53. The van der Waals surface area contributed by atoms with Crippen LogP contribution in [-0.2, 0) is 17.8 Å². The van der Waals surface area contributed by atoms with E-state index in [0.717, 1.165) is 60.3 Å². The van der Waals surface area contributed by atoms with Crippen molar-refractivity contribution in [3.63, 3.8) is 0 Å². The molecule has 0 aromatic heterocycles. The van der Waals surface area contributed by atoms with Crippen molar-refractivity contribution < 1.29 is 14.3 Å². The molecule has 1 aliphatic heterocycles. The van der Waals surface area contributed by atoms with Crippen LogP contribution in [0.15, 0.2) is 60.8 Å². The molecule has 0 spiro atoms. The van der Waals surface area contributed by atoms with Gasteiger partial charge in [-0.25, -0.2) is 0 Å². The molecule has 2 fully saturated rings. The van der Waals surface area contributed by atoms with Gasteiger partial charge in [-0.05, 0) is 66.9 Å². The number of carbonyl (C=O) groups excluding carboxylic acids is 1. The van der Waals surface area contributed by atoms with E-state index in [1.807, 2.05) is 54.6 Å². The zero-order valence-corrected chi connectivity index (χ0v) is 19.8. The van der Waals surface area contributed by atoms with Crippen LogP contribution in [0.1, 0.15) is 48.8 Å². The number of allylic oxidation sites excluding steroid dienone is 1. The number of hydrogen-bond acceptors (Lipinski definition) is 4. The molecule has 1 heterocycles. The van der Waals surface area contributed by atoms with Gasteiger partial charge in [-0.2, -0.15) is 0 Å². The molecule has 0 atom stereocenters. The predicted molar refractivity (Wildman–Crippen MR) is 135 cm³/mol. The summed E-state index contributed by atoms with van der Waals surface area (Å²) in [5.41, 5.74) is 3.39. The van der Waals surface area contributed by atoms with Gasteiger partial charge in [-0.3, -0.25) is 9.69 Å². The average Bonchev–Trinajstić information content (AvgIpc) is 3.12. The number of nitrogens with zero attached hydrogens (tertiary/aromatic N) is 1. The van der Waals surface area contributed by atoms with E-state index in [9.17, 15) is 4.79 Å². The molecular weight excluding hydrogens is 432 g/mol. The molecule has 1 aliphatic carbocycles. The normalized spacial score (nSPS) is 17.8. The maximum atomic E-state index is 13.1. The Morgan fingerprint density at radius 3 is 2.67 bits per heavy atom. The van der Waals surface area contributed by atoms with Crippen LogP contribution < -0.4 is 14.8 Å². The summed E-state index contributed by atoms with van der Waals surface area (Å²) in [6, 6.07) is 14.0. The number of rotatable bonds is 8. The lowest BCUT2D eigenvalue weighted by Gasteiger charge is -2.29. The first kappa shape index (κ1) is 23.1. The highest BCUT2D eigenvalue weighted by Crippen LogP contribution is 2.28. The molecule has 5 nitrogen and oxygen atoms in total. The predicted octanol–water partition coefficient (Wildman–Crippen LogP) is 5.39. The maximum Gasteiger partial charge on any atom is 0.276 e. The van der Waals surface area contributed by atoms with Gasteiger partial charge in [0.2, 0.25) is 0 Å². The monoisotopic (exact) mass is 462 g/mol. The third-order valence-electron chi connectivity index (χ3n) is 6.18. The summed E-state index contributed by atoms with van der Waals surface area (Å²) in [6.45, 7) is 4.17. The minimum absolute atomic E-state index is 0.0427. The fourth-order valence-corrected chi connectivity index (χ4v) is 4.85. The van der Waals surface area contributed by atoms with Crippen LogP contribution in [0, 0.1) is 0 Å². The topological polar surface area (TPSA) is 50.8 Å². The lowest BCUT2D eigenvalue weighted by atomic mass is 9.94. The number of methoxy groups -OCH3 is 1. The van der Waals surface area contributed by atoms with Crippen LogP contribution in [-0.4, -0.2) is 29.1 Å². The quantitative estimate of drug-likeness (QED) is 0.324. The summed E-state index contributed by atoms with van der Waals surface area (Å²) in [4.78, 5) is 14.9. The Hall–Kier alpha value is -3.12. The van der Waals surface area contributed by atoms with Crippen LogP contribution >= 0.6 is 12.2 Å². The Morgan fingerprint density at radius 2 is 1.91 bits per heavy atom. The molecule has 1 saturated carbocycles. The SMILES string of the molecule is C=CCc1ccccc1OCc1cc(/C=C2/NC(=S)N(C3CCCCC3)C2=O)ccc1OC. The summed E-state index contributed by atoms with van der Waals surface area (Å²) in [5.74, 6) is 1.52. The zero-order chi connectivity index (χ0) is 23.2. The fraction of sp³-hybridized carbons (Fsp3) is 0.333. The molecule has 2 aliphatic rings. The second-order valence-corrected chi connectivity index (χ2v) is 8.80. The summed E-state index contributed by atoms with van der Waals surface area (Å²) in [7, 11) is 1.64. The number of ether oxygens (including phenoxy) is 2. The number of carbonyl (C=O) groups is 1. The van der Waals surface area contributed by atoms with Crippen molar-refractivity contribution >= 4 is 29.3 Å². The number of para-hydroxylation sites is 1. The summed E-state index contributed by atoms with van der Waals surface area (Å²) in [6.07, 6.45) is 10.0. The van der Waals surface area contributed by atoms with Gasteiger partial charge in [-0.1, -0.05) is 49.6 Å². The van der Waals surface area contributed by atoms with Crippen molar-refractivity contribution in [2.75, 3.05) is 7.11 Å². The van der Waals surface area contributed by atoms with Crippen LogP contribution in [0.4, 0.5) is 0 Å². The second kappa shape index (κ2) is 10.7. The molecule has 0 bridgehead atoms. The van der Waals surface area contributed by atoms with Gasteiger partial charge in [0.25, 0.3) is 5.91 Å². The molecule has 4 rings (SSSR count). The molecule has 172 valence electrons. The molecule has 2 aromatic rings. The van der Waals surface area contributed by atoms with Crippen LogP contribution in [0.3, 0.4) is 0 Å². The molecule has 33 heavy (non-hydrogen) atoms. The standard InChI is InChI=1S/C27H30N2O3S/c1-3-9-20-10-7-8-13-25(20)32-18-21-16-19(14-15-24(21)31-2)17-23-26(30)29(27(33)28-23)22-11-5-4-6-12-22/h3,7-8,10,13-17,22H,1,4-6,9,11-12,18H2,2H3,(H,28,33)/b23-17+. The number of thiocarbonyl (C=S) groups is 1. The summed E-state index contributed by atoms with van der Waals surface area (Å²) >= 11 is 5.49. The van der Waals surface area contributed by atoms with Gasteiger partial charge in [-0.15, -0.1) is 6.58 Å². The van der Waals surface area contributed by atoms with Crippen molar-refractivity contribution in [1.29, 1.82) is 0 Å². The molecule has 6 heteroatoms. The average molecular weight is 463 g/mol. The smallest absolute Gasteiger partial charge is 0.276 e. The summed E-state index contributed by atoms with van der Waals surface area (Å²) < 4.78 is 11.7. The molecule has 1 N–H and O–H groups in total. The third kappa shape index (κ3) is 5.28. The van der Waals surface area contributed by atoms with Gasteiger partial charge in [0.15, 0.2) is 5.11 Å². The van der Waals surface area contributed by atoms with E-state index in [1.54, 1.807) is 12.0 Å². The first-order chi connectivity index (χ1) is 16.1. The second-order valence-electron chi connectivity index (χ2n) is 8.42. The van der Waals surface area contributed by atoms with Crippen molar-refractivity contribution in [2.45, 2.75) is 51.2 Å². The van der Waals surface area contributed by atoms with Crippen molar-refractivity contribution in [2.24, 2.45) is 0 Å². The van der Waals surface area contributed by atoms with E-state index in [-0.39, 0.29) is 11.9 Å². The van der Waals surface area contributed by atoms with Crippen molar-refractivity contribution in [3.8, 4) is 11.5 Å². The highest BCUT2D eigenvalue weighted by molar-refractivity contribution is 7.80. The van der Waals surface area contributed by atoms with E-state index >= 15 is 0 Å².